The van der Waals surface area contributed by atoms with Crippen molar-refractivity contribution in [1.82, 2.24) is 0 Å². The van der Waals surface area contributed by atoms with Crippen molar-refractivity contribution in [3.05, 3.63) is 154 Å². The summed E-state index contributed by atoms with van der Waals surface area (Å²) in [5.74, 6) is -1.35. The molecular formula is C38H36Br2F6O6SSi. The average molecular weight is 923 g/mol. The number of sulfone groups is 1. The second kappa shape index (κ2) is 19.8. The van der Waals surface area contributed by atoms with Crippen LogP contribution < -0.4 is 5.19 Å². The molecule has 0 aliphatic rings. The number of halogens is 8. The van der Waals surface area contributed by atoms with Crippen LogP contribution in [0.25, 0.3) is 0 Å². The lowest BCUT2D eigenvalue weighted by molar-refractivity contribution is -0.202. The van der Waals surface area contributed by atoms with Crippen LogP contribution in [0.1, 0.15) is 27.1 Å². The van der Waals surface area contributed by atoms with Gasteiger partial charge in [0.05, 0.1) is 10.6 Å². The molecule has 0 aliphatic heterocycles. The maximum absolute atomic E-state index is 12.4. The van der Waals surface area contributed by atoms with Gasteiger partial charge in [-0.25, -0.2) is 8.42 Å². The molecule has 0 aromatic heterocycles. The van der Waals surface area contributed by atoms with Gasteiger partial charge in [0.1, 0.15) is 13.8 Å². The first-order valence-corrected chi connectivity index (χ1v) is 22.0. The van der Waals surface area contributed by atoms with Gasteiger partial charge in [-0.15, -0.1) is 0 Å². The summed E-state index contributed by atoms with van der Waals surface area (Å²) >= 11 is 6.46. The molecule has 0 spiro atoms. The minimum absolute atomic E-state index is 0.0566. The molecule has 2 atom stereocenters. The highest BCUT2D eigenvalue weighted by molar-refractivity contribution is 9.10. The van der Waals surface area contributed by atoms with Crippen molar-refractivity contribution >= 4 is 66.5 Å². The molecule has 6 nitrogen and oxygen atoms in total. The van der Waals surface area contributed by atoms with E-state index >= 15 is 0 Å². The summed E-state index contributed by atoms with van der Waals surface area (Å²) in [6.07, 6.45) is -12.7. The molecular weight excluding hydrogens is 886 g/mol. The Morgan fingerprint density at radius 2 is 1.06 bits per heavy atom. The van der Waals surface area contributed by atoms with E-state index in [1.165, 1.54) is 37.4 Å². The van der Waals surface area contributed by atoms with Crippen molar-refractivity contribution in [2.75, 3.05) is 5.75 Å². The maximum Gasteiger partial charge on any atom is 0.414 e. The molecule has 2 N–H and O–H groups in total. The van der Waals surface area contributed by atoms with Gasteiger partial charge >= 0.3 is 12.4 Å². The van der Waals surface area contributed by atoms with Gasteiger partial charge in [-0.05, 0) is 66.2 Å². The molecule has 0 saturated carbocycles. The van der Waals surface area contributed by atoms with Crippen LogP contribution >= 0.6 is 31.9 Å². The number of Topliss-reactive ketones (excluding diaryl/α,β-unsaturated/α-hetero) is 2. The van der Waals surface area contributed by atoms with Crippen molar-refractivity contribution < 1.29 is 54.6 Å². The molecule has 0 aliphatic carbocycles. The van der Waals surface area contributed by atoms with E-state index < -0.39 is 54.3 Å². The Bertz CT molecular complexity index is 1990. The number of hydrogen-bond acceptors (Lipinski definition) is 6. The highest BCUT2D eigenvalue weighted by Crippen LogP contribution is 2.28. The zero-order chi connectivity index (χ0) is 41.1. The predicted octanol–water partition coefficient (Wildman–Crippen LogP) is 9.23. The average Bonchev–Trinajstić information content (AvgIpc) is 3.11. The van der Waals surface area contributed by atoms with Gasteiger partial charge in [-0.2, -0.15) is 26.3 Å². The van der Waals surface area contributed by atoms with E-state index in [0.717, 1.165) is 8.95 Å². The Kier molecular flexibility index (Phi) is 17.0. The SMILES string of the molecule is C=C(CC(O)C(F)(F)F)C(=O)c1ccc(Br)cc1.C=C(CS(=O)(=O)c1ccccc1)C(=O)c1ccc(Br)cc1.C[Si](C)(c1ccccc1)C(O)C(F)(F)F. The van der Waals surface area contributed by atoms with Gasteiger partial charge in [0, 0.05) is 32.1 Å². The van der Waals surface area contributed by atoms with Crippen molar-refractivity contribution in [3.63, 3.8) is 0 Å². The number of hydrogen-bond donors (Lipinski definition) is 2. The molecule has 4 rings (SSSR count). The molecule has 0 saturated heterocycles. The number of alkyl halides is 6. The third-order valence-corrected chi connectivity index (χ3v) is 13.9. The molecule has 0 fully saturated rings. The van der Waals surface area contributed by atoms with Gasteiger partial charge in [0.2, 0.25) is 0 Å². The lowest BCUT2D eigenvalue weighted by Crippen LogP contribution is -2.58. The second-order valence-electron chi connectivity index (χ2n) is 12.2. The summed E-state index contributed by atoms with van der Waals surface area (Å²) in [4.78, 5) is 24.1. The van der Waals surface area contributed by atoms with Gasteiger partial charge in [0.15, 0.2) is 27.5 Å². The first kappa shape index (κ1) is 46.5. The molecule has 4 aromatic carbocycles. The Morgan fingerprint density at radius 3 is 1.44 bits per heavy atom. The number of aliphatic hydroxyl groups excluding tert-OH is 2. The largest absolute Gasteiger partial charge is 0.414 e. The molecule has 2 unspecified atom stereocenters. The van der Waals surface area contributed by atoms with E-state index in [9.17, 15) is 49.5 Å². The monoisotopic (exact) mass is 920 g/mol. The first-order valence-electron chi connectivity index (χ1n) is 15.7. The van der Waals surface area contributed by atoms with Crippen molar-refractivity contribution in [3.8, 4) is 0 Å². The number of benzene rings is 4. The molecule has 0 bridgehead atoms. The van der Waals surface area contributed by atoms with Crippen LogP contribution in [0.5, 0.6) is 0 Å². The highest BCUT2D eigenvalue weighted by Gasteiger charge is 2.49. The van der Waals surface area contributed by atoms with Crippen LogP contribution in [0.15, 0.2) is 147 Å². The molecule has 290 valence electrons. The van der Waals surface area contributed by atoms with Crippen molar-refractivity contribution in [2.45, 2.75) is 48.6 Å². The van der Waals surface area contributed by atoms with E-state index in [0.29, 0.717) is 10.8 Å². The summed E-state index contributed by atoms with van der Waals surface area (Å²) in [7, 11) is -6.44. The lowest BCUT2D eigenvalue weighted by atomic mass is 10.00. The number of ketones is 2. The molecule has 0 radical (unpaired) electrons. The Labute approximate surface area is 327 Å². The Morgan fingerprint density at radius 1 is 0.667 bits per heavy atom. The minimum Gasteiger partial charge on any atom is -0.387 e. The summed E-state index contributed by atoms with van der Waals surface area (Å²) in [5.41, 5.74) is -1.78. The van der Waals surface area contributed by atoms with E-state index in [1.807, 2.05) is 0 Å². The fraction of sp³-hybridized carbons (Fsp3) is 0.211. The smallest absolute Gasteiger partial charge is 0.387 e. The fourth-order valence-corrected chi connectivity index (χ4v) is 8.54. The molecule has 0 heterocycles. The first-order chi connectivity index (χ1) is 24.9. The van der Waals surface area contributed by atoms with Crippen LogP contribution in [0, 0.1) is 0 Å². The third kappa shape index (κ3) is 14.2. The molecule has 16 heteroatoms. The molecule has 4 aromatic rings. The zero-order valence-electron chi connectivity index (χ0n) is 28.8. The number of aliphatic hydroxyl groups is 2. The van der Waals surface area contributed by atoms with Crippen LogP contribution in [-0.2, 0) is 9.84 Å². The quantitative estimate of drug-likeness (QED) is 0.0673. The predicted molar refractivity (Wildman–Crippen MR) is 206 cm³/mol. The van der Waals surface area contributed by atoms with Crippen molar-refractivity contribution in [2.24, 2.45) is 0 Å². The van der Waals surface area contributed by atoms with Gasteiger partial charge in [-0.3, -0.25) is 9.59 Å². The van der Waals surface area contributed by atoms with E-state index in [4.69, 9.17) is 5.11 Å². The maximum atomic E-state index is 12.4. The van der Waals surface area contributed by atoms with Crippen LogP contribution in [0.4, 0.5) is 26.3 Å². The van der Waals surface area contributed by atoms with E-state index in [2.05, 4.69) is 45.0 Å². The minimum atomic E-state index is -4.75. The van der Waals surface area contributed by atoms with E-state index in [-0.39, 0.29) is 33.1 Å². The van der Waals surface area contributed by atoms with Crippen LogP contribution in [-0.4, -0.2) is 68.2 Å². The third-order valence-electron chi connectivity index (χ3n) is 7.65. The summed E-state index contributed by atoms with van der Waals surface area (Å²) < 4.78 is 99.6. The second-order valence-corrected chi connectivity index (χ2v) is 20.6. The highest BCUT2D eigenvalue weighted by atomic mass is 79.9. The van der Waals surface area contributed by atoms with E-state index in [1.54, 1.807) is 84.9 Å². The Hall–Kier alpha value is -3.67. The summed E-state index contributed by atoms with van der Waals surface area (Å²) in [5, 5.41) is 18.8. The lowest BCUT2D eigenvalue weighted by Gasteiger charge is -2.30. The number of rotatable bonds is 11. The summed E-state index contributed by atoms with van der Waals surface area (Å²) in [6.45, 7) is 9.94. The van der Waals surface area contributed by atoms with Crippen LogP contribution in [0.2, 0.25) is 13.1 Å². The normalized spacial score (nSPS) is 12.9. The number of carbonyl (C=O) groups excluding carboxylic acids is 2. The zero-order valence-corrected chi connectivity index (χ0v) is 33.8. The number of carbonyl (C=O) groups is 2. The standard InChI is InChI=1S/C16H13BrO3S.C12H10BrF3O2.C10H13F3OSi/c1-12(16(18)13-7-9-14(17)10-8-13)11-21(19,20)15-5-3-2-4-6-15;1-7(6-10(17)12(14,15)16)11(18)8-2-4-9(13)5-3-8;1-15(2,9(14)10(11,12)13)8-6-4-3-5-7-8/h2-10H,1,11H2;2-5,10,17H,1,6H2;3-7,9,14H,1-2H3. The van der Waals surface area contributed by atoms with Crippen LogP contribution in [0.3, 0.4) is 0 Å². The fourth-order valence-electron chi connectivity index (χ4n) is 4.49. The topological polar surface area (TPSA) is 109 Å². The van der Waals surface area contributed by atoms with Gasteiger partial charge in [0.25, 0.3) is 0 Å². The Balaban J connectivity index is 0.000000284. The van der Waals surface area contributed by atoms with Gasteiger partial charge in [-0.1, -0.05) is 112 Å². The molecule has 0 amide bonds. The molecule has 54 heavy (non-hydrogen) atoms. The van der Waals surface area contributed by atoms with Crippen molar-refractivity contribution in [1.29, 1.82) is 0 Å². The summed E-state index contributed by atoms with van der Waals surface area (Å²) in [6, 6.07) is 29.3. The van der Waals surface area contributed by atoms with Gasteiger partial charge < -0.3 is 10.2 Å².